The topological polar surface area (TPSA) is 278 Å². The standard InChI is InChI=1S/C6H6N12O12.CH4/c19-13(20)7-1-2-8(14(21)22)5(7)6-9(15(23)24)3(11(1)17(27)28)4(10(6)16(25)26)12(2)18(29)30;/h1-6H;1H4. The second kappa shape index (κ2) is 6.10. The second-order valence-corrected chi connectivity index (χ2v) is 6.19. The smallest absolute Gasteiger partial charge is 0.235 e. The molecule has 170 valence electrons. The molecule has 0 saturated carbocycles. The van der Waals surface area contributed by atoms with Crippen LogP contribution in [0.1, 0.15) is 7.43 Å². The van der Waals surface area contributed by atoms with Crippen molar-refractivity contribution in [3.8, 4) is 0 Å². The highest BCUT2D eigenvalue weighted by Crippen LogP contribution is 2.51. The average Bonchev–Trinajstić information content (AvgIpc) is 3.03. The molecule has 0 atom stereocenters. The Morgan fingerprint density at radius 2 is 0.452 bits per heavy atom. The van der Waals surface area contributed by atoms with Gasteiger partial charge >= 0.3 is 0 Å². The summed E-state index contributed by atoms with van der Waals surface area (Å²) in [7, 11) is 0. The average molecular weight is 454 g/mol. The summed E-state index contributed by atoms with van der Waals surface area (Å²) in [5.41, 5.74) is 0. The number of nitrogens with zero attached hydrogens (tertiary/aromatic N) is 12. The number of piperazine rings is 1. The Morgan fingerprint density at radius 3 is 0.516 bits per heavy atom. The maximum Gasteiger partial charge on any atom is 0.272 e. The van der Waals surface area contributed by atoms with Gasteiger partial charge in [0.15, 0.2) is 30.2 Å². The zero-order valence-electron chi connectivity index (χ0n) is 13.7. The van der Waals surface area contributed by atoms with Crippen LogP contribution in [0.25, 0.3) is 0 Å². The molecule has 0 aromatic heterocycles. The van der Waals surface area contributed by atoms with Gasteiger partial charge in [-0.2, -0.15) is 0 Å². The number of hydrazine groups is 6. The molecule has 5 saturated heterocycles. The van der Waals surface area contributed by atoms with E-state index >= 15 is 0 Å². The van der Waals surface area contributed by atoms with Gasteiger partial charge < -0.3 is 0 Å². The molecule has 0 radical (unpaired) electrons. The lowest BCUT2D eigenvalue weighted by Crippen LogP contribution is -2.77. The van der Waals surface area contributed by atoms with Crippen LogP contribution in [0.5, 0.6) is 0 Å². The summed E-state index contributed by atoms with van der Waals surface area (Å²) in [6.45, 7) is 0. The normalized spacial score (nSPS) is 32.1. The van der Waals surface area contributed by atoms with E-state index in [1.807, 2.05) is 0 Å². The van der Waals surface area contributed by atoms with Crippen molar-refractivity contribution in [3.05, 3.63) is 60.7 Å². The van der Waals surface area contributed by atoms with Crippen molar-refractivity contribution >= 4 is 0 Å². The van der Waals surface area contributed by atoms with Crippen LogP contribution in [0, 0.1) is 60.7 Å². The quantitative estimate of drug-likeness (QED) is 0.279. The third-order valence-corrected chi connectivity index (χ3v) is 5.18. The van der Waals surface area contributed by atoms with E-state index < -0.39 is 67.2 Å². The molecule has 0 spiro atoms. The van der Waals surface area contributed by atoms with E-state index in [4.69, 9.17) is 0 Å². The van der Waals surface area contributed by atoms with Crippen LogP contribution >= 0.6 is 0 Å². The Hall–Kier alpha value is -4.80. The van der Waals surface area contributed by atoms with Crippen LogP contribution in [0.2, 0.25) is 0 Å². The monoisotopic (exact) mass is 454 g/mol. The summed E-state index contributed by atoms with van der Waals surface area (Å²) in [4.78, 5) is 69.9. The lowest BCUT2D eigenvalue weighted by atomic mass is 10.2. The first-order valence-electron chi connectivity index (χ1n) is 7.49. The van der Waals surface area contributed by atoms with Gasteiger partial charge in [-0.05, 0) is 0 Å². The molecular formula is C7H10N12O12. The minimum absolute atomic E-state index is 0. The van der Waals surface area contributed by atoms with Crippen molar-refractivity contribution in [2.75, 3.05) is 0 Å². The van der Waals surface area contributed by atoms with Crippen molar-refractivity contribution in [2.24, 2.45) is 0 Å². The highest BCUT2D eigenvalue weighted by molar-refractivity contribution is 5.09. The fourth-order valence-electron chi connectivity index (χ4n) is 4.46. The molecule has 24 nitrogen and oxygen atoms in total. The van der Waals surface area contributed by atoms with Gasteiger partial charge in [-0.3, -0.25) is 0 Å². The zero-order chi connectivity index (χ0) is 22.4. The van der Waals surface area contributed by atoms with Crippen LogP contribution < -0.4 is 0 Å². The van der Waals surface area contributed by atoms with Crippen molar-refractivity contribution in [3.63, 3.8) is 0 Å². The van der Waals surface area contributed by atoms with Gasteiger partial charge in [0.05, 0.1) is 0 Å². The number of rotatable bonds is 6. The zero-order valence-corrected chi connectivity index (χ0v) is 13.7. The number of hydrogen-bond donors (Lipinski definition) is 0. The van der Waals surface area contributed by atoms with E-state index in [1.165, 1.54) is 0 Å². The minimum Gasteiger partial charge on any atom is -0.235 e. The molecule has 0 aromatic carbocycles. The Balaban J connectivity index is 0.00000272. The summed E-state index contributed by atoms with van der Waals surface area (Å²) >= 11 is 0. The Morgan fingerprint density at radius 1 is 0.355 bits per heavy atom. The molecule has 0 N–H and O–H groups in total. The maximum atomic E-state index is 11.7. The lowest BCUT2D eigenvalue weighted by Gasteiger charge is -2.39. The first-order chi connectivity index (χ1) is 13.9. The third kappa shape index (κ3) is 2.16. The van der Waals surface area contributed by atoms with Crippen LogP contribution in [0.4, 0.5) is 0 Å². The van der Waals surface area contributed by atoms with E-state index in [0.717, 1.165) is 0 Å². The molecule has 24 heteroatoms. The van der Waals surface area contributed by atoms with Gasteiger partial charge in [0.25, 0.3) is 37.0 Å². The fraction of sp³-hybridized carbons (Fsp3) is 1.00. The van der Waals surface area contributed by atoms with Crippen molar-refractivity contribution < 1.29 is 30.2 Å². The molecule has 5 rings (SSSR count). The second-order valence-electron chi connectivity index (χ2n) is 6.19. The molecule has 5 aliphatic rings. The first-order valence-corrected chi connectivity index (χ1v) is 7.49. The summed E-state index contributed by atoms with van der Waals surface area (Å²) in [5, 5.41) is 60.5. The summed E-state index contributed by atoms with van der Waals surface area (Å²) in [6.07, 6.45) is -14.4. The van der Waals surface area contributed by atoms with Gasteiger partial charge in [0.1, 0.15) is 0 Å². The molecule has 5 heterocycles. The first kappa shape index (κ1) is 20.9. The van der Waals surface area contributed by atoms with Crippen molar-refractivity contribution in [2.45, 2.75) is 44.4 Å². The highest BCUT2D eigenvalue weighted by atomic mass is 16.7. The van der Waals surface area contributed by atoms with Gasteiger partial charge in [-0.15, -0.1) is 0 Å². The van der Waals surface area contributed by atoms with Gasteiger partial charge in [0.2, 0.25) is 0 Å². The lowest BCUT2D eigenvalue weighted by molar-refractivity contribution is -0.792. The minimum atomic E-state index is -2.47. The molecule has 5 aliphatic heterocycles. The Bertz CT molecular complexity index is 784. The van der Waals surface area contributed by atoms with Gasteiger partial charge in [-0.25, -0.2) is 60.7 Å². The van der Waals surface area contributed by atoms with Crippen LogP contribution in [0.3, 0.4) is 0 Å². The van der Waals surface area contributed by atoms with Crippen LogP contribution in [-0.4, -0.2) is 97.2 Å². The number of hydrogen-bond acceptors (Lipinski definition) is 12. The highest BCUT2D eigenvalue weighted by Gasteiger charge is 2.89. The molecule has 6 bridgehead atoms. The van der Waals surface area contributed by atoms with E-state index in [2.05, 4.69) is 0 Å². The van der Waals surface area contributed by atoms with Crippen LogP contribution in [0.15, 0.2) is 0 Å². The predicted octanol–water partition coefficient (Wildman–Crippen LogP) is -3.40. The number of nitro groups is 6. The van der Waals surface area contributed by atoms with Crippen LogP contribution in [-0.2, 0) is 0 Å². The third-order valence-electron chi connectivity index (χ3n) is 5.18. The molecule has 0 unspecified atom stereocenters. The summed E-state index contributed by atoms with van der Waals surface area (Å²) < 4.78 is 0. The SMILES string of the molecule is C.O=[N+]([O-])N1C2C3N([N+](=O)[O-])C1C1N([N+](=O)[O-])C(C(N1[N+](=O)[O-])N3[N+](=O)[O-])N2[N+](=O)[O-]. The molecule has 0 aromatic rings. The van der Waals surface area contributed by atoms with Gasteiger partial charge in [0, 0.05) is 0 Å². The molecule has 0 aliphatic carbocycles. The maximum absolute atomic E-state index is 11.7. The van der Waals surface area contributed by atoms with Crippen molar-refractivity contribution in [1.82, 2.24) is 30.1 Å². The summed E-state index contributed by atoms with van der Waals surface area (Å²) in [6, 6.07) is 0. The Kier molecular flexibility index (Phi) is 4.11. The van der Waals surface area contributed by atoms with Crippen molar-refractivity contribution in [1.29, 1.82) is 0 Å². The van der Waals surface area contributed by atoms with E-state index in [9.17, 15) is 60.7 Å². The van der Waals surface area contributed by atoms with E-state index in [0.29, 0.717) is 0 Å². The molecule has 31 heavy (non-hydrogen) atoms. The summed E-state index contributed by atoms with van der Waals surface area (Å²) in [5.74, 6) is 0. The Labute approximate surface area is 166 Å². The molecule has 5 fully saturated rings. The van der Waals surface area contributed by atoms with E-state index in [-0.39, 0.29) is 37.5 Å². The molecule has 0 amide bonds. The van der Waals surface area contributed by atoms with Gasteiger partial charge in [-0.1, -0.05) is 37.5 Å². The fourth-order valence-corrected chi connectivity index (χ4v) is 4.46. The largest absolute Gasteiger partial charge is 0.272 e. The molecular weight excluding hydrogens is 444 g/mol. The predicted molar refractivity (Wildman–Crippen MR) is 82.5 cm³/mol. The van der Waals surface area contributed by atoms with E-state index in [1.54, 1.807) is 0 Å².